The number of rotatable bonds is 2. The van der Waals surface area contributed by atoms with Gasteiger partial charge < -0.3 is 14.1 Å². The summed E-state index contributed by atoms with van der Waals surface area (Å²) in [6, 6.07) is 3.78. The second kappa shape index (κ2) is 6.05. The summed E-state index contributed by atoms with van der Waals surface area (Å²) < 4.78 is 10.8. The fourth-order valence-electron chi connectivity index (χ4n) is 2.34. The smallest absolute Gasteiger partial charge is 0.276 e. The molecule has 21 heavy (non-hydrogen) atoms. The lowest BCUT2D eigenvalue weighted by Crippen LogP contribution is -2.39. The molecule has 0 radical (unpaired) electrons. The van der Waals surface area contributed by atoms with Crippen molar-refractivity contribution in [1.29, 1.82) is 0 Å². The first-order valence-corrected chi connectivity index (χ1v) is 7.00. The van der Waals surface area contributed by atoms with E-state index in [-0.39, 0.29) is 11.9 Å². The van der Waals surface area contributed by atoms with Crippen LogP contribution in [0.3, 0.4) is 0 Å². The number of ether oxygens (including phenoxy) is 1. The predicted octanol–water partition coefficient (Wildman–Crippen LogP) is 1.99. The summed E-state index contributed by atoms with van der Waals surface area (Å²) in [4.78, 5) is 22.6. The molecule has 3 rings (SSSR count). The van der Waals surface area contributed by atoms with Crippen LogP contribution in [0.25, 0.3) is 11.5 Å². The summed E-state index contributed by atoms with van der Waals surface area (Å²) in [5.41, 5.74) is 1.08. The van der Waals surface area contributed by atoms with Crippen molar-refractivity contribution in [1.82, 2.24) is 14.9 Å². The molecule has 2 aromatic heterocycles. The zero-order valence-electron chi connectivity index (χ0n) is 11.9. The average Bonchev–Trinajstić information content (AvgIpc) is 2.91. The van der Waals surface area contributed by atoms with Gasteiger partial charge in [0.25, 0.3) is 5.91 Å². The summed E-state index contributed by atoms with van der Waals surface area (Å²) >= 11 is 0. The Bertz CT molecular complexity index is 612. The number of aromatic nitrogens is 2. The molecule has 3 heterocycles. The van der Waals surface area contributed by atoms with Gasteiger partial charge in [0.05, 0.1) is 12.2 Å². The predicted molar refractivity (Wildman–Crippen MR) is 75.7 cm³/mol. The van der Waals surface area contributed by atoms with Gasteiger partial charge in [-0.05, 0) is 25.5 Å². The number of hydrogen-bond donors (Lipinski definition) is 0. The van der Waals surface area contributed by atoms with Gasteiger partial charge in [0.2, 0.25) is 5.89 Å². The van der Waals surface area contributed by atoms with E-state index in [2.05, 4.69) is 9.97 Å². The highest BCUT2D eigenvalue weighted by Crippen LogP contribution is 2.19. The quantitative estimate of drug-likeness (QED) is 0.845. The van der Waals surface area contributed by atoms with Crippen molar-refractivity contribution in [2.75, 3.05) is 19.8 Å². The molecule has 6 nitrogen and oxygen atoms in total. The minimum atomic E-state index is -0.119. The van der Waals surface area contributed by atoms with E-state index >= 15 is 0 Å². The number of nitrogens with zero attached hydrogens (tertiary/aromatic N) is 3. The van der Waals surface area contributed by atoms with Crippen LogP contribution in [0.5, 0.6) is 0 Å². The molecule has 0 aliphatic carbocycles. The first-order chi connectivity index (χ1) is 10.3. The van der Waals surface area contributed by atoms with E-state index < -0.39 is 0 Å². The Labute approximate surface area is 122 Å². The lowest BCUT2D eigenvalue weighted by molar-refractivity contribution is 0.0681. The number of amides is 1. The summed E-state index contributed by atoms with van der Waals surface area (Å²) in [7, 11) is 0. The van der Waals surface area contributed by atoms with Crippen LogP contribution in [0.2, 0.25) is 0 Å². The average molecular weight is 287 g/mol. The molecule has 6 heteroatoms. The van der Waals surface area contributed by atoms with E-state index in [4.69, 9.17) is 9.15 Å². The van der Waals surface area contributed by atoms with E-state index in [1.165, 1.54) is 6.26 Å². The molecule has 110 valence electrons. The van der Waals surface area contributed by atoms with Crippen LogP contribution >= 0.6 is 0 Å². The number of oxazole rings is 1. The monoisotopic (exact) mass is 287 g/mol. The van der Waals surface area contributed by atoms with E-state index in [1.807, 2.05) is 13.0 Å². The topological polar surface area (TPSA) is 68.5 Å². The van der Waals surface area contributed by atoms with Gasteiger partial charge in [0.15, 0.2) is 5.69 Å². The van der Waals surface area contributed by atoms with Crippen LogP contribution in [0.15, 0.2) is 35.2 Å². The van der Waals surface area contributed by atoms with Crippen molar-refractivity contribution in [2.45, 2.75) is 19.4 Å². The molecular weight excluding hydrogens is 270 g/mol. The fraction of sp³-hybridized carbons (Fsp3) is 0.400. The Balaban J connectivity index is 1.80. The van der Waals surface area contributed by atoms with Crippen molar-refractivity contribution in [2.24, 2.45) is 0 Å². The van der Waals surface area contributed by atoms with Gasteiger partial charge in [-0.2, -0.15) is 0 Å². The van der Waals surface area contributed by atoms with Gasteiger partial charge >= 0.3 is 0 Å². The highest BCUT2D eigenvalue weighted by molar-refractivity contribution is 5.92. The normalized spacial score (nSPS) is 19.3. The van der Waals surface area contributed by atoms with E-state index in [9.17, 15) is 4.79 Å². The summed E-state index contributed by atoms with van der Waals surface area (Å²) in [6.45, 7) is 3.85. The number of hydrogen-bond acceptors (Lipinski definition) is 5. The molecule has 1 unspecified atom stereocenters. The van der Waals surface area contributed by atoms with Crippen LogP contribution < -0.4 is 0 Å². The largest absolute Gasteiger partial charge is 0.444 e. The standard InChI is InChI=1S/C15H17N3O3/c1-11-4-7-20-8-6-18(11)15(19)13-10-21-14(17-13)12-3-2-5-16-9-12/h2-3,5,9-11H,4,6-8H2,1H3. The Morgan fingerprint density at radius 3 is 3.14 bits per heavy atom. The molecule has 2 aromatic rings. The maximum atomic E-state index is 12.5. The molecule has 1 fully saturated rings. The third-order valence-corrected chi connectivity index (χ3v) is 3.58. The zero-order chi connectivity index (χ0) is 14.7. The lowest BCUT2D eigenvalue weighted by Gasteiger charge is -2.25. The third-order valence-electron chi connectivity index (χ3n) is 3.58. The first kappa shape index (κ1) is 13.8. The van der Waals surface area contributed by atoms with Crippen LogP contribution in [0.1, 0.15) is 23.8 Å². The number of carbonyl (C=O) groups excluding carboxylic acids is 1. The summed E-state index contributed by atoms with van der Waals surface area (Å²) in [6.07, 6.45) is 5.57. The first-order valence-electron chi connectivity index (χ1n) is 7.00. The molecule has 1 atom stereocenters. The van der Waals surface area contributed by atoms with Crippen molar-refractivity contribution in [3.63, 3.8) is 0 Å². The van der Waals surface area contributed by atoms with Crippen LogP contribution in [0.4, 0.5) is 0 Å². The molecule has 1 amide bonds. The van der Waals surface area contributed by atoms with Crippen molar-refractivity contribution < 1.29 is 13.9 Å². The SMILES string of the molecule is CC1CCOCCN1C(=O)c1coc(-c2cccnc2)n1. The molecule has 1 saturated heterocycles. The second-order valence-electron chi connectivity index (χ2n) is 5.03. The number of carbonyl (C=O) groups is 1. The molecule has 0 saturated carbocycles. The molecule has 0 aromatic carbocycles. The van der Waals surface area contributed by atoms with Crippen molar-refractivity contribution >= 4 is 5.91 Å². The Hall–Kier alpha value is -2.21. The maximum absolute atomic E-state index is 12.5. The van der Waals surface area contributed by atoms with Gasteiger partial charge in [-0.1, -0.05) is 0 Å². The van der Waals surface area contributed by atoms with E-state index in [0.29, 0.717) is 31.3 Å². The Morgan fingerprint density at radius 2 is 2.33 bits per heavy atom. The van der Waals surface area contributed by atoms with Gasteiger partial charge in [0, 0.05) is 31.6 Å². The van der Waals surface area contributed by atoms with Crippen LogP contribution in [0, 0.1) is 0 Å². The summed E-state index contributed by atoms with van der Waals surface area (Å²) in [5, 5.41) is 0. The molecular formula is C15H17N3O3. The Morgan fingerprint density at radius 1 is 1.43 bits per heavy atom. The summed E-state index contributed by atoms with van der Waals surface area (Å²) in [5.74, 6) is 0.289. The van der Waals surface area contributed by atoms with E-state index in [1.54, 1.807) is 23.4 Å². The molecule has 1 aliphatic rings. The van der Waals surface area contributed by atoms with Crippen LogP contribution in [-0.2, 0) is 4.74 Å². The second-order valence-corrected chi connectivity index (χ2v) is 5.03. The van der Waals surface area contributed by atoms with Crippen molar-refractivity contribution in [3.05, 3.63) is 36.5 Å². The fourth-order valence-corrected chi connectivity index (χ4v) is 2.34. The lowest BCUT2D eigenvalue weighted by atomic mass is 10.2. The third kappa shape index (κ3) is 2.95. The highest BCUT2D eigenvalue weighted by Gasteiger charge is 2.25. The zero-order valence-corrected chi connectivity index (χ0v) is 11.9. The van der Waals surface area contributed by atoms with Gasteiger partial charge in [-0.3, -0.25) is 9.78 Å². The van der Waals surface area contributed by atoms with Crippen LogP contribution in [-0.4, -0.2) is 46.6 Å². The molecule has 0 spiro atoms. The Kier molecular flexibility index (Phi) is 3.96. The maximum Gasteiger partial charge on any atom is 0.276 e. The molecule has 0 N–H and O–H groups in total. The minimum Gasteiger partial charge on any atom is -0.444 e. The molecule has 0 bridgehead atoms. The minimum absolute atomic E-state index is 0.119. The van der Waals surface area contributed by atoms with Gasteiger partial charge in [-0.25, -0.2) is 4.98 Å². The number of pyridine rings is 1. The highest BCUT2D eigenvalue weighted by atomic mass is 16.5. The van der Waals surface area contributed by atoms with Crippen molar-refractivity contribution in [3.8, 4) is 11.5 Å². The molecule has 1 aliphatic heterocycles. The van der Waals surface area contributed by atoms with Gasteiger partial charge in [0.1, 0.15) is 6.26 Å². The van der Waals surface area contributed by atoms with E-state index in [0.717, 1.165) is 12.0 Å². The van der Waals surface area contributed by atoms with Gasteiger partial charge in [-0.15, -0.1) is 0 Å².